The number of halogens is 3. The molecular formula is C9H3F3O2. The topological polar surface area (TPSA) is 37.3 Å². The van der Waals surface area contributed by atoms with Crippen molar-refractivity contribution in [3.8, 4) is 11.8 Å². The first kappa shape index (κ1) is 10.1. The van der Waals surface area contributed by atoms with E-state index in [1.165, 1.54) is 5.92 Å². The first-order valence-electron chi connectivity index (χ1n) is 3.40. The Labute approximate surface area is 77.0 Å². The van der Waals surface area contributed by atoms with E-state index < -0.39 is 29.0 Å². The fourth-order valence-corrected chi connectivity index (χ4v) is 0.778. The van der Waals surface area contributed by atoms with Crippen molar-refractivity contribution >= 4 is 5.97 Å². The Hall–Kier alpha value is -1.96. The summed E-state index contributed by atoms with van der Waals surface area (Å²) in [4.78, 5) is 9.97. The maximum Gasteiger partial charge on any atom is 0.382 e. The maximum absolute atomic E-state index is 12.8. The van der Waals surface area contributed by atoms with Crippen LogP contribution in [-0.2, 0) is 4.79 Å². The highest BCUT2D eigenvalue weighted by Crippen LogP contribution is 2.12. The van der Waals surface area contributed by atoms with Gasteiger partial charge in [-0.15, -0.1) is 0 Å². The minimum absolute atomic E-state index is 0.426. The van der Waals surface area contributed by atoms with Crippen LogP contribution in [-0.4, -0.2) is 11.1 Å². The highest BCUT2D eigenvalue weighted by Gasteiger charge is 2.08. The molecule has 1 aromatic rings. The zero-order valence-electron chi connectivity index (χ0n) is 6.64. The second-order valence-corrected chi connectivity index (χ2v) is 2.30. The first-order valence-corrected chi connectivity index (χ1v) is 3.40. The third kappa shape index (κ3) is 2.26. The van der Waals surface area contributed by atoms with Gasteiger partial charge in [0.2, 0.25) is 0 Å². The number of benzene rings is 1. The lowest BCUT2D eigenvalue weighted by Gasteiger charge is -1.96. The van der Waals surface area contributed by atoms with Crippen LogP contribution in [0.1, 0.15) is 5.56 Å². The molecule has 0 radical (unpaired) electrons. The molecule has 0 aliphatic rings. The third-order valence-electron chi connectivity index (χ3n) is 1.30. The Morgan fingerprint density at radius 1 is 1.21 bits per heavy atom. The Balaban J connectivity index is 3.24. The average Bonchev–Trinajstić information content (AvgIpc) is 2.01. The van der Waals surface area contributed by atoms with Crippen LogP contribution in [0.4, 0.5) is 13.2 Å². The van der Waals surface area contributed by atoms with Crippen LogP contribution in [0.25, 0.3) is 0 Å². The smallest absolute Gasteiger partial charge is 0.382 e. The van der Waals surface area contributed by atoms with Crippen LogP contribution in [0.15, 0.2) is 12.1 Å². The summed E-state index contributed by atoms with van der Waals surface area (Å²) in [6, 6.07) is 0.851. The molecule has 5 heteroatoms. The van der Waals surface area contributed by atoms with Gasteiger partial charge in [0.25, 0.3) is 0 Å². The summed E-state index contributed by atoms with van der Waals surface area (Å²) in [6.07, 6.45) is 0. The molecule has 0 aromatic heterocycles. The lowest BCUT2D eigenvalue weighted by Crippen LogP contribution is -1.94. The SMILES string of the molecule is O=C(O)C#Cc1c(F)cc(F)cc1F. The van der Waals surface area contributed by atoms with Crippen molar-refractivity contribution in [2.24, 2.45) is 0 Å². The normalized spacial score (nSPS) is 9.07. The molecule has 0 aliphatic carbocycles. The fourth-order valence-electron chi connectivity index (χ4n) is 0.778. The summed E-state index contributed by atoms with van der Waals surface area (Å²) >= 11 is 0. The van der Waals surface area contributed by atoms with Gasteiger partial charge in [-0.3, -0.25) is 0 Å². The number of hydrogen-bond acceptors (Lipinski definition) is 1. The number of carboxylic acids is 1. The molecule has 0 heterocycles. The van der Waals surface area contributed by atoms with Crippen molar-refractivity contribution in [2.45, 2.75) is 0 Å². The van der Waals surface area contributed by atoms with Gasteiger partial charge < -0.3 is 5.11 Å². The first-order chi connectivity index (χ1) is 6.50. The lowest BCUT2D eigenvalue weighted by atomic mass is 10.2. The predicted molar refractivity (Wildman–Crippen MR) is 40.8 cm³/mol. The molecule has 0 spiro atoms. The van der Waals surface area contributed by atoms with E-state index in [9.17, 15) is 18.0 Å². The molecule has 1 N–H and O–H groups in total. The van der Waals surface area contributed by atoms with E-state index in [2.05, 4.69) is 0 Å². The Morgan fingerprint density at radius 3 is 2.14 bits per heavy atom. The summed E-state index contributed by atoms with van der Waals surface area (Å²) in [5, 5.41) is 8.12. The van der Waals surface area contributed by atoms with Crippen LogP contribution >= 0.6 is 0 Å². The van der Waals surface area contributed by atoms with Gasteiger partial charge >= 0.3 is 5.97 Å². The number of carboxylic acid groups (broad SMARTS) is 1. The molecule has 1 aromatic carbocycles. The lowest BCUT2D eigenvalue weighted by molar-refractivity contribution is -0.130. The van der Waals surface area contributed by atoms with Crippen molar-refractivity contribution < 1.29 is 23.1 Å². The summed E-state index contributed by atoms with van der Waals surface area (Å²) in [7, 11) is 0. The van der Waals surface area contributed by atoms with Gasteiger partial charge in [-0.25, -0.2) is 18.0 Å². The minimum Gasteiger partial charge on any atom is -0.472 e. The average molecular weight is 200 g/mol. The van der Waals surface area contributed by atoms with Gasteiger partial charge in [0.1, 0.15) is 17.5 Å². The summed E-state index contributed by atoms with van der Waals surface area (Å²) in [6.45, 7) is 0. The van der Waals surface area contributed by atoms with Crippen molar-refractivity contribution in [1.82, 2.24) is 0 Å². The van der Waals surface area contributed by atoms with Gasteiger partial charge in [0, 0.05) is 18.1 Å². The summed E-state index contributed by atoms with van der Waals surface area (Å²) < 4.78 is 37.9. The predicted octanol–water partition coefficient (Wildman–Crippen LogP) is 1.54. The van der Waals surface area contributed by atoms with Crippen molar-refractivity contribution in [2.75, 3.05) is 0 Å². The van der Waals surface area contributed by atoms with E-state index in [1.54, 1.807) is 5.92 Å². The third-order valence-corrected chi connectivity index (χ3v) is 1.30. The van der Waals surface area contributed by atoms with E-state index in [4.69, 9.17) is 5.11 Å². The largest absolute Gasteiger partial charge is 0.472 e. The molecule has 72 valence electrons. The van der Waals surface area contributed by atoms with E-state index in [0.717, 1.165) is 0 Å². The molecule has 0 unspecified atom stereocenters. The van der Waals surface area contributed by atoms with Gasteiger partial charge in [0.15, 0.2) is 0 Å². The molecule has 1 rings (SSSR count). The number of hydrogen-bond donors (Lipinski definition) is 1. The number of rotatable bonds is 0. The highest BCUT2D eigenvalue weighted by atomic mass is 19.1. The molecule has 0 amide bonds. The molecule has 14 heavy (non-hydrogen) atoms. The van der Waals surface area contributed by atoms with Crippen LogP contribution in [0.3, 0.4) is 0 Å². The van der Waals surface area contributed by atoms with E-state index >= 15 is 0 Å². The van der Waals surface area contributed by atoms with Crippen LogP contribution in [0, 0.1) is 29.3 Å². The Kier molecular flexibility index (Phi) is 2.77. The van der Waals surface area contributed by atoms with Crippen molar-refractivity contribution in [1.29, 1.82) is 0 Å². The molecule has 0 bridgehead atoms. The minimum atomic E-state index is -1.52. The Bertz CT molecular complexity index is 420. The molecule has 2 nitrogen and oxygen atoms in total. The molecular weight excluding hydrogens is 197 g/mol. The van der Waals surface area contributed by atoms with Gasteiger partial charge in [0.05, 0.1) is 5.56 Å². The zero-order chi connectivity index (χ0) is 10.7. The number of carbonyl (C=O) groups is 1. The Morgan fingerprint density at radius 2 is 1.71 bits per heavy atom. The van der Waals surface area contributed by atoms with E-state index in [0.29, 0.717) is 12.1 Å². The van der Waals surface area contributed by atoms with Gasteiger partial charge in [-0.2, -0.15) is 0 Å². The number of aliphatic carboxylic acids is 1. The molecule has 0 atom stereocenters. The van der Waals surface area contributed by atoms with Crippen LogP contribution < -0.4 is 0 Å². The van der Waals surface area contributed by atoms with Gasteiger partial charge in [-0.05, 0) is 5.92 Å². The highest BCUT2D eigenvalue weighted by molar-refractivity contribution is 5.87. The summed E-state index contributed by atoms with van der Waals surface area (Å²) in [5.74, 6) is -1.79. The molecule has 0 saturated carbocycles. The van der Waals surface area contributed by atoms with Crippen molar-refractivity contribution in [3.63, 3.8) is 0 Å². The van der Waals surface area contributed by atoms with Crippen molar-refractivity contribution in [3.05, 3.63) is 35.1 Å². The monoisotopic (exact) mass is 200 g/mol. The van der Waals surface area contributed by atoms with Gasteiger partial charge in [-0.1, -0.05) is 0 Å². The molecule has 0 saturated heterocycles. The fraction of sp³-hybridized carbons (Fsp3) is 0. The maximum atomic E-state index is 12.8. The summed E-state index contributed by atoms with van der Waals surface area (Å²) in [5.41, 5.74) is -0.756. The second-order valence-electron chi connectivity index (χ2n) is 2.30. The second kappa shape index (κ2) is 3.83. The molecule has 0 fully saturated rings. The zero-order valence-corrected chi connectivity index (χ0v) is 6.64. The standard InChI is InChI=1S/C9H3F3O2/c10-5-3-7(11)6(8(12)4-5)1-2-9(13)14/h3-4H,(H,13,14). The molecule has 0 aliphatic heterocycles. The quantitative estimate of drug-likeness (QED) is 0.645. The van der Waals surface area contributed by atoms with E-state index in [-0.39, 0.29) is 0 Å². The van der Waals surface area contributed by atoms with Crippen LogP contribution in [0.2, 0.25) is 0 Å². The van der Waals surface area contributed by atoms with Crippen LogP contribution in [0.5, 0.6) is 0 Å². The van der Waals surface area contributed by atoms with E-state index in [1.807, 2.05) is 0 Å².